The van der Waals surface area contributed by atoms with Crippen LogP contribution in [0.15, 0.2) is 24.3 Å². The van der Waals surface area contributed by atoms with Crippen LogP contribution >= 0.6 is 0 Å². The van der Waals surface area contributed by atoms with E-state index in [0.29, 0.717) is 12.2 Å². The normalized spacial score (nSPS) is 8.12. The largest absolute Gasteiger partial charge is 0.456 e. The van der Waals surface area contributed by atoms with E-state index in [-0.39, 0.29) is 5.82 Å². The number of halogens is 1. The number of carbonyl (C=O) groups excluding carboxylic acids is 1. The van der Waals surface area contributed by atoms with Gasteiger partial charge in [-0.05, 0) is 43.0 Å². The molecule has 0 aliphatic rings. The van der Waals surface area contributed by atoms with Gasteiger partial charge in [-0.25, -0.2) is 9.18 Å². The van der Waals surface area contributed by atoms with Crippen molar-refractivity contribution in [2.75, 3.05) is 6.61 Å². The maximum Gasteiger partial charge on any atom is 0.385 e. The molecule has 0 aliphatic heterocycles. The number of rotatable bonds is 1. The van der Waals surface area contributed by atoms with Gasteiger partial charge in [-0.1, -0.05) is 5.92 Å². The van der Waals surface area contributed by atoms with Crippen molar-refractivity contribution in [2.45, 2.75) is 6.92 Å². The van der Waals surface area contributed by atoms with Crippen molar-refractivity contribution in [1.82, 2.24) is 0 Å². The minimum Gasteiger partial charge on any atom is -0.456 e. The highest BCUT2D eigenvalue weighted by molar-refractivity contribution is 5.89. The fraction of sp³-hybridized carbons (Fsp3) is 0.154. The Morgan fingerprint density at radius 3 is 2.62 bits per heavy atom. The molecule has 2 nitrogen and oxygen atoms in total. The predicted octanol–water partition coefficient (Wildman–Crippen LogP) is 1.74. The van der Waals surface area contributed by atoms with Gasteiger partial charge in [0.25, 0.3) is 0 Å². The van der Waals surface area contributed by atoms with E-state index in [9.17, 15) is 9.18 Å². The van der Waals surface area contributed by atoms with Crippen LogP contribution in [0.2, 0.25) is 0 Å². The SMILES string of the molecule is CCOC(=O)C#CC#Cc1ccc(F)cc1. The van der Waals surface area contributed by atoms with Gasteiger partial charge in [0.1, 0.15) is 5.82 Å². The second-order valence-corrected chi connectivity index (χ2v) is 2.73. The number of carbonyl (C=O) groups is 1. The van der Waals surface area contributed by atoms with Crippen molar-refractivity contribution in [3.63, 3.8) is 0 Å². The fourth-order valence-corrected chi connectivity index (χ4v) is 0.886. The molecule has 0 fully saturated rings. The summed E-state index contributed by atoms with van der Waals surface area (Å²) >= 11 is 0. The quantitative estimate of drug-likeness (QED) is 0.406. The zero-order chi connectivity index (χ0) is 11.8. The Balaban J connectivity index is 2.61. The molecule has 1 rings (SSSR count). The molecule has 1 aromatic carbocycles. The third-order valence-electron chi connectivity index (χ3n) is 1.55. The summed E-state index contributed by atoms with van der Waals surface area (Å²) in [5, 5.41) is 0. The third-order valence-corrected chi connectivity index (χ3v) is 1.55. The highest BCUT2D eigenvalue weighted by Gasteiger charge is 1.90. The molecule has 0 radical (unpaired) electrons. The maximum absolute atomic E-state index is 12.5. The van der Waals surface area contributed by atoms with Gasteiger partial charge in [0.2, 0.25) is 0 Å². The van der Waals surface area contributed by atoms with Gasteiger partial charge < -0.3 is 4.74 Å². The van der Waals surface area contributed by atoms with E-state index >= 15 is 0 Å². The first-order valence-corrected chi connectivity index (χ1v) is 4.66. The molecule has 0 unspecified atom stereocenters. The van der Waals surface area contributed by atoms with Crippen LogP contribution in [0.4, 0.5) is 4.39 Å². The Kier molecular flexibility index (Phi) is 4.63. The molecular formula is C13H9FO2. The smallest absolute Gasteiger partial charge is 0.385 e. The van der Waals surface area contributed by atoms with Crippen LogP contribution in [0.1, 0.15) is 12.5 Å². The lowest BCUT2D eigenvalue weighted by atomic mass is 10.2. The minimum atomic E-state index is -0.601. The van der Waals surface area contributed by atoms with Crippen molar-refractivity contribution in [1.29, 1.82) is 0 Å². The molecule has 0 spiro atoms. The van der Waals surface area contributed by atoms with Crippen LogP contribution in [-0.2, 0) is 9.53 Å². The maximum atomic E-state index is 12.5. The number of hydrogen-bond donors (Lipinski definition) is 0. The van der Waals surface area contributed by atoms with Gasteiger partial charge in [0.05, 0.1) is 6.61 Å². The van der Waals surface area contributed by atoms with E-state index in [1.807, 2.05) is 0 Å². The number of esters is 1. The highest BCUT2D eigenvalue weighted by atomic mass is 19.1. The highest BCUT2D eigenvalue weighted by Crippen LogP contribution is 1.99. The summed E-state index contributed by atoms with van der Waals surface area (Å²) in [7, 11) is 0. The molecule has 0 aromatic heterocycles. The van der Waals surface area contributed by atoms with Crippen LogP contribution in [0.25, 0.3) is 0 Å². The summed E-state index contributed by atoms with van der Waals surface area (Å²) in [6.45, 7) is 1.99. The summed E-state index contributed by atoms with van der Waals surface area (Å²) < 4.78 is 17.1. The monoisotopic (exact) mass is 216 g/mol. The average Bonchev–Trinajstić information content (AvgIpc) is 2.27. The molecule has 0 saturated carbocycles. The number of ether oxygens (including phenoxy) is 1. The standard InChI is InChI=1S/C13H9FO2/c1-2-16-13(15)6-4-3-5-11-7-9-12(14)10-8-11/h7-10H,2H2,1H3. The van der Waals surface area contributed by atoms with Crippen LogP contribution in [0.5, 0.6) is 0 Å². The van der Waals surface area contributed by atoms with Gasteiger partial charge in [-0.3, -0.25) is 0 Å². The first-order valence-electron chi connectivity index (χ1n) is 4.66. The van der Waals surface area contributed by atoms with Crippen molar-refractivity contribution < 1.29 is 13.9 Å². The van der Waals surface area contributed by atoms with Crippen molar-refractivity contribution in [2.24, 2.45) is 0 Å². The van der Waals surface area contributed by atoms with Crippen molar-refractivity contribution >= 4 is 5.97 Å². The molecular weight excluding hydrogens is 207 g/mol. The Morgan fingerprint density at radius 2 is 2.00 bits per heavy atom. The zero-order valence-corrected chi connectivity index (χ0v) is 8.71. The Hall–Kier alpha value is -2.26. The molecule has 16 heavy (non-hydrogen) atoms. The molecule has 0 heterocycles. The lowest BCUT2D eigenvalue weighted by molar-refractivity contribution is -0.136. The third kappa shape index (κ3) is 4.30. The molecule has 0 saturated heterocycles. The molecule has 0 amide bonds. The Morgan fingerprint density at radius 1 is 1.31 bits per heavy atom. The van der Waals surface area contributed by atoms with E-state index in [1.54, 1.807) is 6.92 Å². The summed E-state index contributed by atoms with van der Waals surface area (Å²) in [4.78, 5) is 10.8. The van der Waals surface area contributed by atoms with E-state index in [4.69, 9.17) is 0 Å². The zero-order valence-electron chi connectivity index (χ0n) is 8.71. The minimum absolute atomic E-state index is 0.291. The summed E-state index contributed by atoms with van der Waals surface area (Å²) in [6.07, 6.45) is 0. The second-order valence-electron chi connectivity index (χ2n) is 2.73. The average molecular weight is 216 g/mol. The molecule has 0 aliphatic carbocycles. The molecule has 0 bridgehead atoms. The van der Waals surface area contributed by atoms with Crippen molar-refractivity contribution in [3.8, 4) is 23.7 Å². The Bertz CT molecular complexity index is 481. The molecule has 1 aromatic rings. The molecule has 3 heteroatoms. The van der Waals surface area contributed by atoms with Crippen LogP contribution in [0.3, 0.4) is 0 Å². The van der Waals surface area contributed by atoms with Gasteiger partial charge in [-0.2, -0.15) is 0 Å². The summed E-state index contributed by atoms with van der Waals surface area (Å²) in [5.41, 5.74) is 0.638. The van der Waals surface area contributed by atoms with Crippen LogP contribution in [-0.4, -0.2) is 12.6 Å². The van der Waals surface area contributed by atoms with E-state index in [0.717, 1.165) is 0 Å². The van der Waals surface area contributed by atoms with Gasteiger partial charge in [-0.15, -0.1) is 0 Å². The van der Waals surface area contributed by atoms with E-state index in [2.05, 4.69) is 28.4 Å². The Labute approximate surface area is 93.4 Å². The lowest BCUT2D eigenvalue weighted by Crippen LogP contribution is -1.99. The van der Waals surface area contributed by atoms with Crippen molar-refractivity contribution in [3.05, 3.63) is 35.6 Å². The molecule has 0 N–H and O–H groups in total. The lowest BCUT2D eigenvalue weighted by Gasteiger charge is -1.89. The molecule has 80 valence electrons. The van der Waals surface area contributed by atoms with Gasteiger partial charge in [0.15, 0.2) is 0 Å². The summed E-state index contributed by atoms with van der Waals surface area (Å²) in [5.74, 6) is 8.79. The second kappa shape index (κ2) is 6.27. The van der Waals surface area contributed by atoms with E-state index < -0.39 is 5.97 Å². The van der Waals surface area contributed by atoms with E-state index in [1.165, 1.54) is 24.3 Å². The molecule has 0 atom stereocenters. The topological polar surface area (TPSA) is 26.3 Å². The van der Waals surface area contributed by atoms with Gasteiger partial charge >= 0.3 is 5.97 Å². The van der Waals surface area contributed by atoms with Gasteiger partial charge in [0, 0.05) is 11.5 Å². The number of hydrogen-bond acceptors (Lipinski definition) is 2. The fourth-order valence-electron chi connectivity index (χ4n) is 0.886. The van der Waals surface area contributed by atoms with Crippen LogP contribution in [0, 0.1) is 29.5 Å². The number of benzene rings is 1. The van der Waals surface area contributed by atoms with Crippen LogP contribution < -0.4 is 0 Å². The first kappa shape index (κ1) is 11.8. The summed E-state index contributed by atoms with van der Waals surface area (Å²) in [6, 6.07) is 5.69. The first-order chi connectivity index (χ1) is 7.72. The predicted molar refractivity (Wildman–Crippen MR) is 57.7 cm³/mol.